The molecule has 41 heavy (non-hydrogen) atoms. The number of aromatic nitrogens is 1. The van der Waals surface area contributed by atoms with Gasteiger partial charge in [-0.3, -0.25) is 9.99 Å². The van der Waals surface area contributed by atoms with Crippen molar-refractivity contribution in [3.05, 3.63) is 112 Å². The third kappa shape index (κ3) is 5.49. The summed E-state index contributed by atoms with van der Waals surface area (Å²) in [4.78, 5) is 4.53. The number of rotatable bonds is 9. The van der Waals surface area contributed by atoms with Crippen molar-refractivity contribution in [1.82, 2.24) is 21.0 Å². The Kier molecular flexibility index (Phi) is 7.35. The van der Waals surface area contributed by atoms with Gasteiger partial charge in [0, 0.05) is 29.5 Å². The Morgan fingerprint density at radius 1 is 1.02 bits per heavy atom. The van der Waals surface area contributed by atoms with Crippen LogP contribution in [0.15, 0.2) is 84.8 Å². The van der Waals surface area contributed by atoms with Crippen LogP contribution in [0.3, 0.4) is 0 Å². The highest BCUT2D eigenvalue weighted by Gasteiger charge is 2.32. The van der Waals surface area contributed by atoms with Crippen LogP contribution in [-0.4, -0.2) is 16.0 Å². The molecule has 1 aliphatic carbocycles. The molecular weight excluding hydrogens is 532 g/mol. The molecule has 3 aromatic carbocycles. The quantitative estimate of drug-likeness (QED) is 0.179. The number of halogens is 1. The maximum absolute atomic E-state index is 10.0. The number of nitrogens with zero attached hydrogens (tertiary/aromatic N) is 4. The van der Waals surface area contributed by atoms with E-state index in [-0.39, 0.29) is 12.1 Å². The molecule has 204 valence electrons. The second kappa shape index (κ2) is 11.4. The van der Waals surface area contributed by atoms with Gasteiger partial charge in [-0.2, -0.15) is 10.5 Å². The van der Waals surface area contributed by atoms with Crippen LogP contribution >= 0.6 is 11.6 Å². The van der Waals surface area contributed by atoms with Gasteiger partial charge in [-0.1, -0.05) is 61.0 Å². The normalized spacial score (nSPS) is 15.8. The molecule has 0 amide bonds. The monoisotopic (exact) mass is 560 g/mol. The van der Waals surface area contributed by atoms with Crippen molar-refractivity contribution in [2.75, 3.05) is 10.6 Å². The van der Waals surface area contributed by atoms with Crippen molar-refractivity contribution in [1.29, 1.82) is 10.5 Å². The first kappa shape index (κ1) is 26.5. The molecule has 2 heterocycles. The lowest BCUT2D eigenvalue weighted by Gasteiger charge is -2.24. The summed E-state index contributed by atoms with van der Waals surface area (Å²) in [5.41, 5.74) is 12.6. The summed E-state index contributed by atoms with van der Waals surface area (Å²) >= 11 is 6.82. The second-order valence-corrected chi connectivity index (χ2v) is 10.7. The van der Waals surface area contributed by atoms with Gasteiger partial charge in [-0.25, -0.2) is 0 Å². The van der Waals surface area contributed by atoms with E-state index in [9.17, 15) is 10.5 Å². The van der Waals surface area contributed by atoms with Crippen molar-refractivity contribution in [3.8, 4) is 12.1 Å². The molecule has 2 aliphatic rings. The van der Waals surface area contributed by atoms with Crippen LogP contribution in [0.4, 0.5) is 11.4 Å². The van der Waals surface area contributed by atoms with Crippen LogP contribution in [0.2, 0.25) is 5.02 Å². The van der Waals surface area contributed by atoms with E-state index in [1.54, 1.807) is 12.3 Å². The zero-order chi connectivity index (χ0) is 28.3. The Balaban J connectivity index is 1.42. The number of hydrogen-bond donors (Lipinski definition) is 4. The number of fused-ring (bicyclic) bond motifs is 1. The van der Waals surface area contributed by atoms with Gasteiger partial charge >= 0.3 is 0 Å². The maximum atomic E-state index is 10.0. The topological polar surface area (TPSA) is 112 Å². The molecule has 9 heteroatoms. The predicted octanol–water partition coefficient (Wildman–Crippen LogP) is 6.68. The van der Waals surface area contributed by atoms with Crippen molar-refractivity contribution in [2.45, 2.75) is 44.3 Å². The Bertz CT molecular complexity index is 1700. The molecule has 0 bridgehead atoms. The molecule has 1 unspecified atom stereocenters. The van der Waals surface area contributed by atoms with Crippen molar-refractivity contribution < 1.29 is 0 Å². The highest BCUT2D eigenvalue weighted by atomic mass is 35.5. The molecule has 4 aromatic rings. The minimum Gasteiger partial charge on any atom is -0.377 e. The van der Waals surface area contributed by atoms with Gasteiger partial charge in [0.2, 0.25) is 0 Å². The number of benzene rings is 3. The fourth-order valence-corrected chi connectivity index (χ4v) is 5.47. The lowest BCUT2D eigenvalue weighted by molar-refractivity contribution is 0.260. The van der Waals surface area contributed by atoms with E-state index < -0.39 is 0 Å². The van der Waals surface area contributed by atoms with Gasteiger partial charge < -0.3 is 16.1 Å². The number of nitriles is 2. The number of pyridine rings is 1. The molecule has 4 N–H and O–H groups in total. The maximum Gasteiger partial charge on any atom is 0.103 e. The summed E-state index contributed by atoms with van der Waals surface area (Å²) in [7, 11) is 0. The number of anilines is 2. The fourth-order valence-electron chi connectivity index (χ4n) is 5.20. The van der Waals surface area contributed by atoms with E-state index >= 15 is 0 Å². The molecule has 0 spiro atoms. The number of hydrogen-bond acceptors (Lipinski definition) is 8. The lowest BCUT2D eigenvalue weighted by Crippen LogP contribution is -2.38. The molecular formula is C32H29ClN8. The summed E-state index contributed by atoms with van der Waals surface area (Å²) in [6.45, 7) is 2.11. The molecule has 1 saturated carbocycles. The van der Waals surface area contributed by atoms with Crippen LogP contribution in [0, 0.1) is 22.7 Å². The first-order valence-electron chi connectivity index (χ1n) is 13.7. The van der Waals surface area contributed by atoms with Crippen LogP contribution in [0.25, 0.3) is 10.9 Å². The average molecular weight is 561 g/mol. The zero-order valence-corrected chi connectivity index (χ0v) is 23.3. The summed E-state index contributed by atoms with van der Waals surface area (Å²) in [5.74, 6) is 0. The Labute approximate surface area is 244 Å². The fraction of sp³-hybridized carbons (Fsp3) is 0.219. The molecule has 1 fully saturated rings. The lowest BCUT2D eigenvalue weighted by atomic mass is 10.0. The van der Waals surface area contributed by atoms with Gasteiger partial charge in [-0.15, -0.1) is 5.53 Å². The Hall–Kier alpha value is -4.76. The number of nitrogens with one attached hydrogen (secondary N) is 4. The van der Waals surface area contributed by atoms with Crippen molar-refractivity contribution in [2.24, 2.45) is 0 Å². The van der Waals surface area contributed by atoms with Crippen molar-refractivity contribution in [3.63, 3.8) is 0 Å². The van der Waals surface area contributed by atoms with Gasteiger partial charge in [0.25, 0.3) is 0 Å². The molecule has 1 aromatic heterocycles. The van der Waals surface area contributed by atoms with E-state index in [2.05, 4.69) is 69.0 Å². The molecule has 8 nitrogen and oxygen atoms in total. The van der Waals surface area contributed by atoms with Gasteiger partial charge in [0.1, 0.15) is 6.07 Å². The highest BCUT2D eigenvalue weighted by molar-refractivity contribution is 6.35. The second-order valence-electron chi connectivity index (χ2n) is 10.3. The SMILES string of the molecule is CC[C@@H](Nc1c(C#N)cnc2c(Cl)cc(NC(C3=CN(C4CC4)NN3)c3cccc(C#N)c3)cc12)c1ccccc1. The molecule has 6 rings (SSSR count). The Morgan fingerprint density at radius 3 is 2.56 bits per heavy atom. The van der Waals surface area contributed by atoms with Gasteiger partial charge in [-0.05, 0) is 54.7 Å². The van der Waals surface area contributed by atoms with Crippen molar-refractivity contribution >= 4 is 33.9 Å². The van der Waals surface area contributed by atoms with Crippen LogP contribution in [0.1, 0.15) is 60.5 Å². The number of hydrazine groups is 2. The molecule has 1 aliphatic heterocycles. The summed E-state index contributed by atoms with van der Waals surface area (Å²) < 4.78 is 0. The average Bonchev–Trinajstić information content (AvgIpc) is 3.75. The third-order valence-electron chi connectivity index (χ3n) is 7.49. The van der Waals surface area contributed by atoms with Crippen LogP contribution in [0.5, 0.6) is 0 Å². The first-order valence-corrected chi connectivity index (χ1v) is 14.1. The largest absolute Gasteiger partial charge is 0.377 e. The third-order valence-corrected chi connectivity index (χ3v) is 7.78. The van der Waals surface area contributed by atoms with E-state index in [4.69, 9.17) is 11.6 Å². The predicted molar refractivity (Wildman–Crippen MR) is 161 cm³/mol. The molecule has 2 atom stereocenters. The highest BCUT2D eigenvalue weighted by Crippen LogP contribution is 2.38. The first-order chi connectivity index (χ1) is 20.1. The minimum absolute atomic E-state index is 0.00177. The summed E-state index contributed by atoms with van der Waals surface area (Å²) in [6.07, 6.45) is 6.76. The van der Waals surface area contributed by atoms with Gasteiger partial charge in [0.05, 0.1) is 51.2 Å². The smallest absolute Gasteiger partial charge is 0.103 e. The van der Waals surface area contributed by atoms with Crippen LogP contribution < -0.4 is 21.6 Å². The van der Waals surface area contributed by atoms with E-state index in [1.807, 2.05) is 48.5 Å². The molecule has 0 radical (unpaired) electrons. The van der Waals surface area contributed by atoms with Crippen LogP contribution in [-0.2, 0) is 0 Å². The van der Waals surface area contributed by atoms with Gasteiger partial charge in [0.15, 0.2) is 0 Å². The van der Waals surface area contributed by atoms with E-state index in [0.29, 0.717) is 33.4 Å². The standard InChI is InChI=1S/C32H29ClN8/c1-2-28(21-8-4-3-5-9-21)38-30-23(17-35)18-36-32-26(30)14-24(15-27(32)33)37-31(22-10-6-7-20(13-22)16-34)29-19-41(40-39-29)25-11-12-25/h3-10,13-15,18-19,25,28,31,37,39-40H,2,11-12H2,1H3,(H,36,38)/t28-,31?/m1/s1. The zero-order valence-electron chi connectivity index (χ0n) is 22.5. The molecule has 0 saturated heterocycles. The Morgan fingerprint density at radius 2 is 1.83 bits per heavy atom. The minimum atomic E-state index is -0.302. The van der Waals surface area contributed by atoms with E-state index in [1.165, 1.54) is 0 Å². The van der Waals surface area contributed by atoms with E-state index in [0.717, 1.165) is 47.2 Å². The summed E-state index contributed by atoms with van der Waals surface area (Å²) in [6, 6.07) is 26.3. The summed E-state index contributed by atoms with van der Waals surface area (Å²) in [5, 5.41) is 30.1.